The van der Waals surface area contributed by atoms with Crippen molar-refractivity contribution in [1.82, 2.24) is 0 Å². The zero-order valence-corrected chi connectivity index (χ0v) is 9.71. The van der Waals surface area contributed by atoms with Gasteiger partial charge in [0.25, 0.3) is 0 Å². The minimum Gasteiger partial charge on any atom is -0.484 e. The van der Waals surface area contributed by atoms with Crippen LogP contribution >= 0.6 is 11.6 Å². The van der Waals surface area contributed by atoms with Crippen molar-refractivity contribution in [2.24, 2.45) is 4.99 Å². The molecule has 1 saturated carbocycles. The van der Waals surface area contributed by atoms with E-state index in [0.29, 0.717) is 0 Å². The van der Waals surface area contributed by atoms with Crippen LogP contribution < -0.4 is 0 Å². The topological polar surface area (TPSA) is 21.6 Å². The summed E-state index contributed by atoms with van der Waals surface area (Å²) in [5, 5.41) is 0.766. The van der Waals surface area contributed by atoms with E-state index in [1.54, 1.807) is 14.2 Å². The number of benzene rings is 1. The largest absolute Gasteiger partial charge is 0.484 e. The smallest absolute Gasteiger partial charge is 0.193 e. The summed E-state index contributed by atoms with van der Waals surface area (Å²) in [6, 6.07) is 7.94. The molecule has 0 N–H and O–H groups in total. The Morgan fingerprint density at radius 3 is 2.33 bits per heavy atom. The van der Waals surface area contributed by atoms with Crippen LogP contribution in [0.5, 0.6) is 0 Å². The highest BCUT2D eigenvalue weighted by atomic mass is 35.5. The van der Waals surface area contributed by atoms with E-state index in [2.05, 4.69) is 17.1 Å². The van der Waals surface area contributed by atoms with Crippen molar-refractivity contribution in [2.45, 2.75) is 18.3 Å². The number of rotatable bonds is 2. The van der Waals surface area contributed by atoms with Gasteiger partial charge in [-0.25, -0.2) is 0 Å². The van der Waals surface area contributed by atoms with Gasteiger partial charge in [0.2, 0.25) is 0 Å². The second-order valence-corrected chi connectivity index (χ2v) is 4.26. The van der Waals surface area contributed by atoms with Crippen molar-refractivity contribution in [3.8, 4) is 0 Å². The van der Waals surface area contributed by atoms with Crippen molar-refractivity contribution in [2.75, 3.05) is 14.2 Å². The van der Waals surface area contributed by atoms with Crippen molar-refractivity contribution in [3.63, 3.8) is 0 Å². The fourth-order valence-electron chi connectivity index (χ4n) is 2.02. The number of aliphatic imine (C=N–C) groups is 1. The summed E-state index contributed by atoms with van der Waals surface area (Å²) in [5.74, 6) is 0.824. The molecule has 0 unspecified atom stereocenters. The van der Waals surface area contributed by atoms with Crippen LogP contribution in [0.4, 0.5) is 0 Å². The molecular weight excluding hydrogens is 210 g/mol. The predicted molar refractivity (Wildman–Crippen MR) is 62.7 cm³/mol. The summed E-state index contributed by atoms with van der Waals surface area (Å²) < 4.78 is 5.33. The van der Waals surface area contributed by atoms with Gasteiger partial charge in [0.15, 0.2) is 5.90 Å². The second kappa shape index (κ2) is 3.86. The molecule has 0 heterocycles. The molecule has 0 amide bonds. The van der Waals surface area contributed by atoms with Crippen LogP contribution in [0.15, 0.2) is 29.3 Å². The highest BCUT2D eigenvalue weighted by molar-refractivity contribution is 6.30. The van der Waals surface area contributed by atoms with Gasteiger partial charge in [0, 0.05) is 12.1 Å². The van der Waals surface area contributed by atoms with Gasteiger partial charge in [-0.2, -0.15) is 0 Å². The maximum Gasteiger partial charge on any atom is 0.193 e. The van der Waals surface area contributed by atoms with Gasteiger partial charge in [-0.3, -0.25) is 4.99 Å². The zero-order chi connectivity index (χ0) is 10.9. The predicted octanol–water partition coefficient (Wildman–Crippen LogP) is 3.05. The van der Waals surface area contributed by atoms with Crippen LogP contribution in [0.1, 0.15) is 18.4 Å². The summed E-state index contributed by atoms with van der Waals surface area (Å²) in [6.45, 7) is 0. The maximum absolute atomic E-state index is 5.87. The molecule has 2 rings (SSSR count). The molecule has 0 aliphatic heterocycles. The number of halogens is 1. The van der Waals surface area contributed by atoms with Gasteiger partial charge in [0.05, 0.1) is 12.5 Å². The van der Waals surface area contributed by atoms with E-state index in [-0.39, 0.29) is 5.41 Å². The first kappa shape index (κ1) is 10.5. The lowest BCUT2D eigenvalue weighted by molar-refractivity contribution is 0.377. The average molecular weight is 224 g/mol. The minimum atomic E-state index is 0.0219. The van der Waals surface area contributed by atoms with Crippen molar-refractivity contribution in [1.29, 1.82) is 0 Å². The van der Waals surface area contributed by atoms with Crippen LogP contribution in [0.2, 0.25) is 5.02 Å². The summed E-state index contributed by atoms with van der Waals surface area (Å²) in [5.41, 5.74) is 1.27. The van der Waals surface area contributed by atoms with Gasteiger partial charge in [-0.1, -0.05) is 23.7 Å². The molecular formula is C12H14ClNO. The fraction of sp³-hybridized carbons (Fsp3) is 0.417. The van der Waals surface area contributed by atoms with E-state index in [1.807, 2.05) is 12.1 Å². The summed E-state index contributed by atoms with van der Waals surface area (Å²) in [6.07, 6.45) is 2.21. The lowest BCUT2D eigenvalue weighted by atomic mass is 9.96. The summed E-state index contributed by atoms with van der Waals surface area (Å²) in [4.78, 5) is 4.20. The molecule has 3 heteroatoms. The van der Waals surface area contributed by atoms with Gasteiger partial charge in [-0.15, -0.1) is 0 Å². The molecule has 1 aliphatic rings. The third-order valence-electron chi connectivity index (χ3n) is 2.95. The Labute approximate surface area is 94.9 Å². The molecule has 0 saturated heterocycles. The Balaban J connectivity index is 2.34. The van der Waals surface area contributed by atoms with E-state index < -0.39 is 0 Å². The Morgan fingerprint density at radius 2 is 1.93 bits per heavy atom. The molecule has 0 aromatic heterocycles. The van der Waals surface area contributed by atoms with E-state index in [4.69, 9.17) is 16.3 Å². The SMILES string of the molecule is C/N=C(\OC)C1(c2ccc(Cl)cc2)CC1. The first-order valence-corrected chi connectivity index (χ1v) is 5.38. The molecule has 0 bridgehead atoms. The number of hydrogen-bond acceptors (Lipinski definition) is 2. The van der Waals surface area contributed by atoms with Crippen LogP contribution in [0.3, 0.4) is 0 Å². The van der Waals surface area contributed by atoms with Crippen molar-refractivity contribution in [3.05, 3.63) is 34.9 Å². The molecule has 1 aliphatic carbocycles. The van der Waals surface area contributed by atoms with Crippen molar-refractivity contribution < 1.29 is 4.74 Å². The first-order valence-electron chi connectivity index (χ1n) is 5.00. The second-order valence-electron chi connectivity index (χ2n) is 3.82. The lowest BCUT2D eigenvalue weighted by Gasteiger charge is -2.16. The molecule has 1 fully saturated rings. The van der Waals surface area contributed by atoms with E-state index in [9.17, 15) is 0 Å². The Kier molecular flexibility index (Phi) is 2.70. The fourth-order valence-corrected chi connectivity index (χ4v) is 2.15. The quantitative estimate of drug-likeness (QED) is 0.558. The monoisotopic (exact) mass is 223 g/mol. The van der Waals surface area contributed by atoms with Crippen LogP contribution in [-0.2, 0) is 10.2 Å². The molecule has 80 valence electrons. The van der Waals surface area contributed by atoms with Gasteiger partial charge in [-0.05, 0) is 30.5 Å². The Hall–Kier alpha value is -1.02. The molecule has 1 aromatic carbocycles. The Morgan fingerprint density at radius 1 is 1.33 bits per heavy atom. The van der Waals surface area contributed by atoms with Gasteiger partial charge in [0.1, 0.15) is 0 Å². The van der Waals surface area contributed by atoms with Crippen LogP contribution in [0.25, 0.3) is 0 Å². The number of hydrogen-bond donors (Lipinski definition) is 0. The van der Waals surface area contributed by atoms with E-state index in [0.717, 1.165) is 23.8 Å². The standard InChI is InChI=1S/C12H14ClNO/c1-14-11(15-2)12(7-8-12)9-3-5-10(13)6-4-9/h3-6H,7-8H2,1-2H3/b14-11-. The van der Waals surface area contributed by atoms with Gasteiger partial charge < -0.3 is 4.74 Å². The molecule has 0 radical (unpaired) electrons. The van der Waals surface area contributed by atoms with Crippen LogP contribution in [-0.4, -0.2) is 20.1 Å². The molecule has 2 nitrogen and oxygen atoms in total. The maximum atomic E-state index is 5.87. The first-order chi connectivity index (χ1) is 7.23. The van der Waals surface area contributed by atoms with E-state index >= 15 is 0 Å². The summed E-state index contributed by atoms with van der Waals surface area (Å²) >= 11 is 5.87. The molecule has 15 heavy (non-hydrogen) atoms. The van der Waals surface area contributed by atoms with E-state index in [1.165, 1.54) is 5.56 Å². The average Bonchev–Trinajstić information content (AvgIpc) is 3.02. The zero-order valence-electron chi connectivity index (χ0n) is 8.96. The lowest BCUT2D eigenvalue weighted by Crippen LogP contribution is -2.22. The highest BCUT2D eigenvalue weighted by Crippen LogP contribution is 2.49. The molecule has 1 aromatic rings. The van der Waals surface area contributed by atoms with Crippen molar-refractivity contribution >= 4 is 17.5 Å². The Bertz CT molecular complexity index is 379. The molecule has 0 atom stereocenters. The van der Waals surface area contributed by atoms with Crippen LogP contribution in [0, 0.1) is 0 Å². The number of nitrogens with zero attached hydrogens (tertiary/aromatic N) is 1. The number of ether oxygens (including phenoxy) is 1. The number of methoxy groups -OCH3 is 1. The summed E-state index contributed by atoms with van der Waals surface area (Å²) in [7, 11) is 3.45. The third kappa shape index (κ3) is 1.74. The van der Waals surface area contributed by atoms with Gasteiger partial charge >= 0.3 is 0 Å². The molecule has 0 spiro atoms. The normalized spacial score (nSPS) is 18.7. The minimum absolute atomic E-state index is 0.0219. The third-order valence-corrected chi connectivity index (χ3v) is 3.20. The highest BCUT2D eigenvalue weighted by Gasteiger charge is 2.50.